The Morgan fingerprint density at radius 2 is 2.08 bits per heavy atom. The van der Waals surface area contributed by atoms with Crippen LogP contribution in [-0.2, 0) is 15.6 Å². The lowest BCUT2D eigenvalue weighted by Gasteiger charge is -2.14. The van der Waals surface area contributed by atoms with Gasteiger partial charge in [-0.1, -0.05) is 23.7 Å². The largest absolute Gasteiger partial charge is 0.347 e. The Bertz CT molecular complexity index is 1130. The number of pyridine rings is 1. The van der Waals surface area contributed by atoms with Gasteiger partial charge >= 0.3 is 0 Å². The Labute approximate surface area is 155 Å². The average molecular weight is 393 g/mol. The van der Waals surface area contributed by atoms with Crippen molar-refractivity contribution in [2.24, 2.45) is 0 Å². The average Bonchev–Trinajstić information content (AvgIpc) is 2.54. The third-order valence-electron chi connectivity index (χ3n) is 3.79. The second-order valence-corrected chi connectivity index (χ2v) is 8.61. The van der Waals surface area contributed by atoms with E-state index in [2.05, 4.69) is 20.3 Å². The minimum atomic E-state index is -3.20. The number of fused-ring (bicyclic) bond motifs is 1. The molecule has 2 heterocycles. The van der Waals surface area contributed by atoms with E-state index in [0.717, 1.165) is 11.6 Å². The number of nitrogens with zero attached hydrogens (tertiary/aromatic N) is 2. The number of para-hydroxylation sites is 1. The summed E-state index contributed by atoms with van der Waals surface area (Å²) in [7, 11) is -3.20. The normalized spacial score (nSPS) is 12.9. The predicted molar refractivity (Wildman–Crippen MR) is 102 cm³/mol. The molecule has 0 saturated heterocycles. The number of rotatable bonds is 5. The Morgan fingerprint density at radius 3 is 2.81 bits per heavy atom. The van der Waals surface area contributed by atoms with Gasteiger partial charge in [0, 0.05) is 23.4 Å². The fraction of sp³-hybridized carbons (Fsp3) is 0.235. The zero-order valence-corrected chi connectivity index (χ0v) is 15.7. The summed E-state index contributed by atoms with van der Waals surface area (Å²) in [6.45, 7) is 1.80. The molecular formula is C17H17ClN4O3S. The van der Waals surface area contributed by atoms with Crippen LogP contribution in [0.25, 0.3) is 10.9 Å². The number of aromatic amines is 1. The number of hydrogen-bond acceptors (Lipinski definition) is 6. The van der Waals surface area contributed by atoms with Crippen molar-refractivity contribution in [1.82, 2.24) is 15.0 Å². The summed E-state index contributed by atoms with van der Waals surface area (Å²) in [5, 5.41) is 4.32. The number of halogens is 1. The molecule has 1 atom stereocenters. The van der Waals surface area contributed by atoms with E-state index in [1.165, 1.54) is 6.20 Å². The van der Waals surface area contributed by atoms with Crippen LogP contribution in [0, 0.1) is 0 Å². The van der Waals surface area contributed by atoms with Crippen LogP contribution < -0.4 is 10.9 Å². The van der Waals surface area contributed by atoms with Gasteiger partial charge in [0.1, 0.15) is 0 Å². The van der Waals surface area contributed by atoms with Crippen molar-refractivity contribution in [1.29, 1.82) is 0 Å². The molecule has 0 spiro atoms. The van der Waals surface area contributed by atoms with Gasteiger partial charge in [0.15, 0.2) is 9.84 Å². The first-order valence-electron chi connectivity index (χ1n) is 7.80. The SMILES string of the molecule is C[C@H](Nc1nccc(CS(C)(=O)=O)n1)c1cc2cccc(Cl)c2[nH]c1=O. The van der Waals surface area contributed by atoms with Gasteiger partial charge in [-0.05, 0) is 25.1 Å². The highest BCUT2D eigenvalue weighted by molar-refractivity contribution is 7.89. The molecule has 3 rings (SSSR count). The topological polar surface area (TPSA) is 105 Å². The molecule has 2 N–H and O–H groups in total. The quantitative estimate of drug-likeness (QED) is 0.691. The molecule has 0 amide bonds. The van der Waals surface area contributed by atoms with Crippen LogP contribution >= 0.6 is 11.6 Å². The number of sulfone groups is 1. The second-order valence-electron chi connectivity index (χ2n) is 6.07. The lowest BCUT2D eigenvalue weighted by atomic mass is 10.1. The third kappa shape index (κ3) is 4.20. The summed E-state index contributed by atoms with van der Waals surface area (Å²) in [5.41, 5.74) is 1.20. The number of aromatic nitrogens is 3. The molecule has 0 aliphatic heterocycles. The zero-order valence-electron chi connectivity index (χ0n) is 14.2. The van der Waals surface area contributed by atoms with Crippen molar-refractivity contribution in [2.45, 2.75) is 18.7 Å². The summed E-state index contributed by atoms with van der Waals surface area (Å²) in [4.78, 5) is 23.5. The minimum Gasteiger partial charge on any atom is -0.347 e. The van der Waals surface area contributed by atoms with E-state index in [0.29, 0.717) is 21.8 Å². The number of nitrogens with one attached hydrogen (secondary N) is 2. The van der Waals surface area contributed by atoms with Gasteiger partial charge in [0.25, 0.3) is 5.56 Å². The van der Waals surface area contributed by atoms with Crippen LogP contribution in [0.3, 0.4) is 0 Å². The number of anilines is 1. The lowest BCUT2D eigenvalue weighted by Crippen LogP contribution is -2.20. The smallest absolute Gasteiger partial charge is 0.253 e. The maximum atomic E-state index is 12.4. The Hall–Kier alpha value is -2.45. The predicted octanol–water partition coefficient (Wildman–Crippen LogP) is 2.69. The second kappa shape index (κ2) is 7.05. The van der Waals surface area contributed by atoms with Crippen molar-refractivity contribution in [3.05, 3.63) is 63.2 Å². The molecule has 0 aliphatic rings. The van der Waals surface area contributed by atoms with E-state index in [1.807, 2.05) is 12.1 Å². The highest BCUT2D eigenvalue weighted by Gasteiger charge is 2.14. The van der Waals surface area contributed by atoms with Crippen molar-refractivity contribution in [3.63, 3.8) is 0 Å². The molecule has 26 heavy (non-hydrogen) atoms. The van der Waals surface area contributed by atoms with Gasteiger partial charge in [-0.3, -0.25) is 4.79 Å². The molecule has 0 radical (unpaired) electrons. The first-order valence-corrected chi connectivity index (χ1v) is 10.2. The number of H-pyrrole nitrogens is 1. The fourth-order valence-corrected chi connectivity index (χ4v) is 3.55. The van der Waals surface area contributed by atoms with E-state index in [9.17, 15) is 13.2 Å². The third-order valence-corrected chi connectivity index (χ3v) is 4.93. The molecule has 2 aromatic heterocycles. The first-order chi connectivity index (χ1) is 12.2. The Balaban J connectivity index is 1.90. The van der Waals surface area contributed by atoms with Gasteiger partial charge in [-0.2, -0.15) is 0 Å². The van der Waals surface area contributed by atoms with Crippen LogP contribution in [0.2, 0.25) is 5.02 Å². The van der Waals surface area contributed by atoms with Crippen LogP contribution in [0.5, 0.6) is 0 Å². The maximum Gasteiger partial charge on any atom is 0.253 e. The van der Waals surface area contributed by atoms with Crippen LogP contribution in [0.1, 0.15) is 24.2 Å². The van der Waals surface area contributed by atoms with Gasteiger partial charge in [0.2, 0.25) is 5.95 Å². The van der Waals surface area contributed by atoms with Gasteiger partial charge in [0.05, 0.1) is 28.0 Å². The van der Waals surface area contributed by atoms with Crippen molar-refractivity contribution in [2.75, 3.05) is 11.6 Å². The van der Waals surface area contributed by atoms with Crippen LogP contribution in [-0.4, -0.2) is 29.6 Å². The van der Waals surface area contributed by atoms with Gasteiger partial charge in [-0.15, -0.1) is 0 Å². The molecule has 9 heteroatoms. The fourth-order valence-electron chi connectivity index (χ4n) is 2.62. The summed E-state index contributed by atoms with van der Waals surface area (Å²) in [5.74, 6) is 0.0809. The van der Waals surface area contributed by atoms with Crippen LogP contribution in [0.4, 0.5) is 5.95 Å². The monoisotopic (exact) mass is 392 g/mol. The van der Waals surface area contributed by atoms with Gasteiger partial charge < -0.3 is 10.3 Å². The molecule has 7 nitrogen and oxygen atoms in total. The summed E-state index contributed by atoms with van der Waals surface area (Å²) >= 11 is 6.11. The zero-order chi connectivity index (χ0) is 18.9. The molecule has 1 aromatic carbocycles. The molecule has 0 unspecified atom stereocenters. The van der Waals surface area contributed by atoms with E-state index in [-0.39, 0.29) is 17.3 Å². The van der Waals surface area contributed by atoms with E-state index in [1.54, 1.807) is 25.1 Å². The van der Waals surface area contributed by atoms with Crippen LogP contribution in [0.15, 0.2) is 41.3 Å². The first kappa shape index (κ1) is 18.3. The molecule has 3 aromatic rings. The summed E-state index contributed by atoms with van der Waals surface area (Å²) < 4.78 is 22.8. The standard InChI is InChI=1S/C17H17ClN4O3S/c1-10(20-17-19-7-6-12(21-17)9-26(2,24)25)13-8-11-4-3-5-14(18)15(11)22-16(13)23/h3-8,10H,9H2,1-2H3,(H,22,23)(H,19,20,21)/t10-/m0/s1. The highest BCUT2D eigenvalue weighted by atomic mass is 35.5. The minimum absolute atomic E-state index is 0.173. The van der Waals surface area contributed by atoms with Crippen molar-refractivity contribution in [3.8, 4) is 0 Å². The highest BCUT2D eigenvalue weighted by Crippen LogP contribution is 2.23. The van der Waals surface area contributed by atoms with Crippen molar-refractivity contribution >= 4 is 38.3 Å². The molecule has 0 saturated carbocycles. The number of benzene rings is 1. The molecular weight excluding hydrogens is 376 g/mol. The molecule has 0 bridgehead atoms. The van der Waals surface area contributed by atoms with Crippen molar-refractivity contribution < 1.29 is 8.42 Å². The van der Waals surface area contributed by atoms with E-state index < -0.39 is 15.9 Å². The molecule has 0 aliphatic carbocycles. The summed E-state index contributed by atoms with van der Waals surface area (Å²) in [6.07, 6.45) is 2.62. The Kier molecular flexibility index (Phi) is 4.97. The van der Waals surface area contributed by atoms with Gasteiger partial charge in [-0.25, -0.2) is 18.4 Å². The lowest BCUT2D eigenvalue weighted by molar-refractivity contribution is 0.600. The Morgan fingerprint density at radius 1 is 1.31 bits per heavy atom. The van der Waals surface area contributed by atoms with E-state index in [4.69, 9.17) is 11.6 Å². The maximum absolute atomic E-state index is 12.4. The molecule has 136 valence electrons. The number of hydrogen-bond donors (Lipinski definition) is 2. The summed E-state index contributed by atoms with van der Waals surface area (Å²) in [6, 6.07) is 8.29. The van der Waals surface area contributed by atoms with E-state index >= 15 is 0 Å². The molecule has 0 fully saturated rings.